The van der Waals surface area contributed by atoms with E-state index in [1.54, 1.807) is 0 Å². The van der Waals surface area contributed by atoms with Crippen LogP contribution in [0.1, 0.15) is 44.1 Å². The molecule has 2 saturated carbocycles. The van der Waals surface area contributed by atoms with Crippen molar-refractivity contribution in [1.29, 1.82) is 0 Å². The van der Waals surface area contributed by atoms with Crippen LogP contribution in [-0.2, 0) is 4.79 Å². The van der Waals surface area contributed by atoms with Crippen LogP contribution >= 0.6 is 0 Å². The molecule has 0 bridgehead atoms. The van der Waals surface area contributed by atoms with Crippen molar-refractivity contribution in [3.8, 4) is 0 Å². The van der Waals surface area contributed by atoms with Crippen molar-refractivity contribution < 1.29 is 9.90 Å². The van der Waals surface area contributed by atoms with Gasteiger partial charge in [0.15, 0.2) is 0 Å². The second-order valence-electron chi connectivity index (χ2n) is 8.88. The highest BCUT2D eigenvalue weighted by Crippen LogP contribution is 2.57. The summed E-state index contributed by atoms with van der Waals surface area (Å²) in [7, 11) is 0. The van der Waals surface area contributed by atoms with Crippen LogP contribution in [-0.4, -0.2) is 39.6 Å². The minimum atomic E-state index is -0.615. The van der Waals surface area contributed by atoms with Crippen LogP contribution in [0.5, 0.6) is 0 Å². The second kappa shape index (κ2) is 5.04. The summed E-state index contributed by atoms with van der Waals surface area (Å²) in [6.07, 6.45) is 7.40. The van der Waals surface area contributed by atoms with Gasteiger partial charge in [0.25, 0.3) is 0 Å². The quantitative estimate of drug-likeness (QED) is 0.917. The molecular weight excluding hydrogens is 312 g/mol. The number of likely N-dealkylation sites (tertiary alicyclic amines) is 1. The zero-order valence-corrected chi connectivity index (χ0v) is 14.6. The maximum absolute atomic E-state index is 12.4. The van der Waals surface area contributed by atoms with Gasteiger partial charge < -0.3 is 10.0 Å². The highest BCUT2D eigenvalue weighted by atomic mass is 16.3. The van der Waals surface area contributed by atoms with Crippen LogP contribution < -0.4 is 0 Å². The van der Waals surface area contributed by atoms with Gasteiger partial charge in [0.05, 0.1) is 5.60 Å². The van der Waals surface area contributed by atoms with E-state index >= 15 is 0 Å². The lowest BCUT2D eigenvalue weighted by Gasteiger charge is -2.60. The Morgan fingerprint density at radius 2 is 1.92 bits per heavy atom. The fraction of sp³-hybridized carbons (Fsp3) is 0.524. The average molecular weight is 336 g/mol. The first kappa shape index (κ1) is 15.3. The van der Waals surface area contributed by atoms with Crippen molar-refractivity contribution in [2.75, 3.05) is 13.1 Å². The fourth-order valence-electron chi connectivity index (χ4n) is 5.19. The number of aromatic nitrogens is 1. The van der Waals surface area contributed by atoms with Gasteiger partial charge in [-0.25, -0.2) is 0 Å². The van der Waals surface area contributed by atoms with E-state index in [1.165, 1.54) is 29.2 Å². The summed E-state index contributed by atoms with van der Waals surface area (Å²) < 4.78 is 0. The molecule has 2 heterocycles. The van der Waals surface area contributed by atoms with Gasteiger partial charge in [-0.05, 0) is 55.5 Å². The molecule has 2 aromatic rings. The predicted molar refractivity (Wildman–Crippen MR) is 96.1 cm³/mol. The van der Waals surface area contributed by atoms with Crippen LogP contribution in [0.4, 0.5) is 0 Å². The molecule has 1 spiro atoms. The summed E-state index contributed by atoms with van der Waals surface area (Å²) in [4.78, 5) is 18.6. The maximum atomic E-state index is 12.4. The SMILES string of the molecule is C[C@]1(O)C[C@@H](C(=O)N2CC3(CC(c4ccc5cnccc5c4)C3)C2)C1. The van der Waals surface area contributed by atoms with Crippen molar-refractivity contribution in [2.45, 2.75) is 44.1 Å². The third kappa shape index (κ3) is 2.46. The highest BCUT2D eigenvalue weighted by Gasteiger charge is 2.55. The van der Waals surface area contributed by atoms with Crippen LogP contribution in [0.25, 0.3) is 10.8 Å². The molecule has 1 amide bonds. The molecule has 4 nitrogen and oxygen atoms in total. The average Bonchev–Trinajstić information content (AvgIpc) is 2.49. The Bertz CT molecular complexity index is 838. The molecule has 0 atom stereocenters. The molecule has 2 aliphatic carbocycles. The number of carbonyl (C=O) groups is 1. The molecule has 1 N–H and O–H groups in total. The minimum absolute atomic E-state index is 0.0531. The summed E-state index contributed by atoms with van der Waals surface area (Å²) in [5.41, 5.74) is 1.17. The standard InChI is InChI=1S/C21H24N2O2/c1-20(25)7-18(8-20)19(24)23-12-21(13-23)9-17(10-21)14-2-3-16-11-22-5-4-15(16)6-14/h2-6,11,17-18,25H,7-10,12-13H2,1H3/t18-,20+. The zero-order valence-electron chi connectivity index (χ0n) is 14.6. The summed E-state index contributed by atoms with van der Waals surface area (Å²) in [5, 5.41) is 12.3. The lowest BCUT2D eigenvalue weighted by molar-refractivity contribution is -0.168. The van der Waals surface area contributed by atoms with E-state index in [4.69, 9.17) is 0 Å². The molecule has 0 radical (unpaired) electrons. The van der Waals surface area contributed by atoms with Gasteiger partial charge in [0.1, 0.15) is 0 Å². The first-order valence-electron chi connectivity index (χ1n) is 9.28. The maximum Gasteiger partial charge on any atom is 0.225 e. The van der Waals surface area contributed by atoms with Gasteiger partial charge in [-0.3, -0.25) is 9.78 Å². The van der Waals surface area contributed by atoms with E-state index in [0.29, 0.717) is 24.2 Å². The van der Waals surface area contributed by atoms with Crippen molar-refractivity contribution >= 4 is 16.7 Å². The number of rotatable bonds is 2. The third-order valence-electron chi connectivity index (χ3n) is 6.58. The summed E-state index contributed by atoms with van der Waals surface area (Å²) in [6.45, 7) is 3.65. The monoisotopic (exact) mass is 336 g/mol. The number of aliphatic hydroxyl groups is 1. The lowest BCUT2D eigenvalue weighted by atomic mass is 9.55. The van der Waals surface area contributed by atoms with Crippen LogP contribution in [0.2, 0.25) is 0 Å². The molecule has 3 fully saturated rings. The molecule has 130 valence electrons. The molecular formula is C21H24N2O2. The Morgan fingerprint density at radius 3 is 2.64 bits per heavy atom. The molecule has 1 aromatic heterocycles. The molecule has 4 heteroatoms. The molecule has 3 aliphatic rings. The van der Waals surface area contributed by atoms with Crippen LogP contribution in [0.3, 0.4) is 0 Å². The van der Waals surface area contributed by atoms with E-state index < -0.39 is 5.60 Å². The second-order valence-corrected chi connectivity index (χ2v) is 8.88. The molecule has 1 aliphatic heterocycles. The Morgan fingerprint density at radius 1 is 1.16 bits per heavy atom. The van der Waals surface area contributed by atoms with Crippen molar-refractivity contribution in [3.63, 3.8) is 0 Å². The van der Waals surface area contributed by atoms with Crippen molar-refractivity contribution in [1.82, 2.24) is 9.88 Å². The Kier molecular flexibility index (Phi) is 3.09. The van der Waals surface area contributed by atoms with E-state index in [9.17, 15) is 9.90 Å². The number of amides is 1. The van der Waals surface area contributed by atoms with Gasteiger partial charge in [-0.1, -0.05) is 18.2 Å². The Hall–Kier alpha value is -1.94. The molecule has 0 unspecified atom stereocenters. The first-order chi connectivity index (χ1) is 11.9. The summed E-state index contributed by atoms with van der Waals surface area (Å²) in [6, 6.07) is 8.78. The normalized spacial score (nSPS) is 30.6. The van der Waals surface area contributed by atoms with Gasteiger partial charge in [0.2, 0.25) is 5.91 Å². The number of carbonyl (C=O) groups excluding carboxylic acids is 1. The number of fused-ring (bicyclic) bond motifs is 1. The number of nitrogens with zero attached hydrogens (tertiary/aromatic N) is 2. The Balaban J connectivity index is 1.19. The van der Waals surface area contributed by atoms with E-state index in [2.05, 4.69) is 29.2 Å². The van der Waals surface area contributed by atoms with Crippen LogP contribution in [0.15, 0.2) is 36.7 Å². The molecule has 5 rings (SSSR count). The lowest BCUT2D eigenvalue weighted by Crippen LogP contribution is -2.65. The fourth-order valence-corrected chi connectivity index (χ4v) is 5.19. The number of benzene rings is 1. The minimum Gasteiger partial charge on any atom is -0.390 e. The van der Waals surface area contributed by atoms with Crippen molar-refractivity contribution in [3.05, 3.63) is 42.2 Å². The first-order valence-corrected chi connectivity index (χ1v) is 9.28. The summed E-state index contributed by atoms with van der Waals surface area (Å²) in [5.74, 6) is 0.940. The van der Waals surface area contributed by atoms with E-state index in [-0.39, 0.29) is 11.8 Å². The predicted octanol–water partition coefficient (Wildman–Crippen LogP) is 3.10. The molecule has 25 heavy (non-hydrogen) atoms. The third-order valence-corrected chi connectivity index (χ3v) is 6.58. The van der Waals surface area contributed by atoms with Gasteiger partial charge in [-0.2, -0.15) is 0 Å². The Labute approximate surface area is 147 Å². The largest absolute Gasteiger partial charge is 0.390 e. The zero-order chi connectivity index (χ0) is 17.2. The topological polar surface area (TPSA) is 53.4 Å². The van der Waals surface area contributed by atoms with Crippen LogP contribution in [0, 0.1) is 11.3 Å². The van der Waals surface area contributed by atoms with Gasteiger partial charge in [0, 0.05) is 42.2 Å². The van der Waals surface area contributed by atoms with Gasteiger partial charge >= 0.3 is 0 Å². The number of hydrogen-bond donors (Lipinski definition) is 1. The van der Waals surface area contributed by atoms with E-state index in [1.807, 2.05) is 24.2 Å². The number of hydrogen-bond acceptors (Lipinski definition) is 3. The molecule has 1 saturated heterocycles. The highest BCUT2D eigenvalue weighted by molar-refractivity contribution is 5.82. The van der Waals surface area contributed by atoms with E-state index in [0.717, 1.165) is 13.1 Å². The smallest absolute Gasteiger partial charge is 0.225 e. The number of pyridine rings is 1. The van der Waals surface area contributed by atoms with Gasteiger partial charge in [-0.15, -0.1) is 0 Å². The summed E-state index contributed by atoms with van der Waals surface area (Å²) >= 11 is 0. The molecule has 1 aromatic carbocycles. The van der Waals surface area contributed by atoms with Crippen molar-refractivity contribution in [2.24, 2.45) is 11.3 Å².